The van der Waals surface area contributed by atoms with E-state index in [4.69, 9.17) is 0 Å². The van der Waals surface area contributed by atoms with Crippen molar-refractivity contribution in [1.29, 1.82) is 0 Å². The van der Waals surface area contributed by atoms with Crippen molar-refractivity contribution < 1.29 is 14.5 Å². The first-order valence-corrected chi connectivity index (χ1v) is 6.19. The lowest BCUT2D eigenvalue weighted by Gasteiger charge is -2.28. The predicted molar refractivity (Wildman–Crippen MR) is 78.0 cm³/mol. The second-order valence-electron chi connectivity index (χ2n) is 5.21. The third-order valence-corrected chi connectivity index (χ3v) is 2.70. The number of amides is 3. The smallest absolute Gasteiger partial charge is 0.320 e. The van der Waals surface area contributed by atoms with Crippen molar-refractivity contribution in [3.63, 3.8) is 0 Å². The molecule has 0 aliphatic rings. The normalized spacial score (nSPS) is 10.7. The maximum Gasteiger partial charge on any atom is 0.320 e. The molecule has 0 spiro atoms. The molecule has 0 bridgehead atoms. The Morgan fingerprint density at radius 1 is 1.19 bits per heavy atom. The molecule has 3 amide bonds. The number of benzene rings is 1. The van der Waals surface area contributed by atoms with E-state index in [1.165, 1.54) is 29.2 Å². The van der Waals surface area contributed by atoms with Crippen LogP contribution in [-0.4, -0.2) is 41.4 Å². The van der Waals surface area contributed by atoms with Crippen LogP contribution in [0.3, 0.4) is 0 Å². The number of hydrogen-bond donors (Lipinski definition) is 2. The fraction of sp³-hybridized carbons (Fsp3) is 0.385. The van der Waals surface area contributed by atoms with E-state index in [0.717, 1.165) is 0 Å². The van der Waals surface area contributed by atoms with E-state index in [1.807, 2.05) is 0 Å². The Balaban J connectivity index is 2.69. The molecule has 1 aromatic rings. The Morgan fingerprint density at radius 3 is 2.14 bits per heavy atom. The van der Waals surface area contributed by atoms with E-state index >= 15 is 0 Å². The van der Waals surface area contributed by atoms with Gasteiger partial charge < -0.3 is 15.5 Å². The van der Waals surface area contributed by atoms with Crippen LogP contribution < -0.4 is 10.6 Å². The highest BCUT2D eigenvalue weighted by atomic mass is 16.6. The zero-order valence-corrected chi connectivity index (χ0v) is 12.3. The molecule has 8 nitrogen and oxygen atoms in total. The number of nitrogens with zero attached hydrogens (tertiary/aromatic N) is 2. The number of carbonyl (C=O) groups is 2. The Hall–Kier alpha value is -2.64. The van der Waals surface area contributed by atoms with Gasteiger partial charge in [-0.05, 0) is 26.0 Å². The van der Waals surface area contributed by atoms with Crippen LogP contribution in [0, 0.1) is 10.1 Å². The molecule has 0 aliphatic carbocycles. The number of nitrogens with one attached hydrogen (secondary N) is 2. The number of anilines is 1. The van der Waals surface area contributed by atoms with Crippen LogP contribution in [0.15, 0.2) is 24.3 Å². The summed E-state index contributed by atoms with van der Waals surface area (Å²) in [5.74, 6) is -0.249. The lowest BCUT2D eigenvalue weighted by molar-refractivity contribution is -0.384. The fourth-order valence-corrected chi connectivity index (χ4v) is 1.73. The molecule has 0 aromatic heterocycles. The Bertz CT molecular complexity index is 552. The van der Waals surface area contributed by atoms with Gasteiger partial charge in [0.15, 0.2) is 0 Å². The lowest BCUT2D eigenvalue weighted by Crippen LogP contribution is -2.55. The van der Waals surface area contributed by atoms with Crippen LogP contribution in [0.25, 0.3) is 0 Å². The number of urea groups is 1. The van der Waals surface area contributed by atoms with Crippen LogP contribution in [0.1, 0.15) is 13.8 Å². The second kappa shape index (κ2) is 6.21. The van der Waals surface area contributed by atoms with Gasteiger partial charge in [0.25, 0.3) is 5.69 Å². The van der Waals surface area contributed by atoms with Gasteiger partial charge in [-0.15, -0.1) is 0 Å². The molecule has 2 N–H and O–H groups in total. The Morgan fingerprint density at radius 2 is 1.71 bits per heavy atom. The summed E-state index contributed by atoms with van der Waals surface area (Å²) in [4.78, 5) is 35.1. The van der Waals surface area contributed by atoms with Gasteiger partial charge in [0.2, 0.25) is 5.91 Å². The van der Waals surface area contributed by atoms with Gasteiger partial charge in [0, 0.05) is 31.9 Å². The number of carbonyl (C=O) groups excluding carboxylic acids is 2. The molecule has 0 unspecified atom stereocenters. The van der Waals surface area contributed by atoms with Crippen molar-refractivity contribution in [2.24, 2.45) is 0 Å². The van der Waals surface area contributed by atoms with Gasteiger partial charge in [-0.3, -0.25) is 14.9 Å². The van der Waals surface area contributed by atoms with E-state index in [9.17, 15) is 19.7 Å². The van der Waals surface area contributed by atoms with Crippen molar-refractivity contribution >= 4 is 23.3 Å². The van der Waals surface area contributed by atoms with Gasteiger partial charge in [0.05, 0.1) is 4.92 Å². The zero-order valence-electron chi connectivity index (χ0n) is 12.3. The molecule has 0 aliphatic heterocycles. The van der Waals surface area contributed by atoms with Crippen LogP contribution in [0.4, 0.5) is 16.2 Å². The van der Waals surface area contributed by atoms with Gasteiger partial charge in [0.1, 0.15) is 5.54 Å². The van der Waals surface area contributed by atoms with Crippen LogP contribution in [-0.2, 0) is 4.79 Å². The molecule has 21 heavy (non-hydrogen) atoms. The summed E-state index contributed by atoms with van der Waals surface area (Å²) in [5, 5.41) is 15.6. The SMILES string of the molecule is CN(C)C(=O)C(C)(C)NC(=O)Nc1ccc([N+](=O)[O-])cc1. The first-order chi connectivity index (χ1) is 9.63. The first-order valence-electron chi connectivity index (χ1n) is 6.19. The van der Waals surface area contributed by atoms with Crippen molar-refractivity contribution in [2.45, 2.75) is 19.4 Å². The van der Waals surface area contributed by atoms with E-state index in [2.05, 4.69) is 10.6 Å². The number of nitro benzene ring substituents is 1. The topological polar surface area (TPSA) is 105 Å². The largest absolute Gasteiger partial charge is 0.347 e. The zero-order chi connectivity index (χ0) is 16.2. The Labute approximate surface area is 122 Å². The van der Waals surface area contributed by atoms with Crippen LogP contribution in [0.2, 0.25) is 0 Å². The maximum absolute atomic E-state index is 11.9. The average molecular weight is 294 g/mol. The van der Waals surface area contributed by atoms with E-state index in [1.54, 1.807) is 27.9 Å². The first kappa shape index (κ1) is 16.4. The quantitative estimate of drug-likeness (QED) is 0.649. The molecular weight excluding hydrogens is 276 g/mol. The molecule has 0 saturated heterocycles. The van der Waals surface area contributed by atoms with Gasteiger partial charge in [-0.25, -0.2) is 4.79 Å². The van der Waals surface area contributed by atoms with Crippen molar-refractivity contribution in [3.05, 3.63) is 34.4 Å². The summed E-state index contributed by atoms with van der Waals surface area (Å²) < 4.78 is 0. The summed E-state index contributed by atoms with van der Waals surface area (Å²) in [5.41, 5.74) is -0.732. The van der Waals surface area contributed by atoms with Crippen molar-refractivity contribution in [1.82, 2.24) is 10.2 Å². The molecule has 0 saturated carbocycles. The number of non-ortho nitro benzene ring substituents is 1. The molecule has 114 valence electrons. The molecule has 8 heteroatoms. The van der Waals surface area contributed by atoms with E-state index in [-0.39, 0.29) is 11.6 Å². The number of rotatable bonds is 4. The summed E-state index contributed by atoms with van der Waals surface area (Å²) in [6, 6.07) is 4.83. The molecular formula is C13H18N4O4. The molecule has 0 heterocycles. The summed E-state index contributed by atoms with van der Waals surface area (Å²) in [6.07, 6.45) is 0. The monoisotopic (exact) mass is 294 g/mol. The van der Waals surface area contributed by atoms with E-state index in [0.29, 0.717) is 5.69 Å². The predicted octanol–water partition coefficient (Wildman–Crippen LogP) is 1.58. The minimum absolute atomic E-state index is 0.0657. The van der Waals surface area contributed by atoms with E-state index < -0.39 is 16.5 Å². The number of nitro groups is 1. The summed E-state index contributed by atoms with van der Waals surface area (Å²) >= 11 is 0. The van der Waals surface area contributed by atoms with Gasteiger partial charge in [-0.2, -0.15) is 0 Å². The van der Waals surface area contributed by atoms with Gasteiger partial charge in [-0.1, -0.05) is 0 Å². The minimum Gasteiger partial charge on any atom is -0.347 e. The molecule has 1 aromatic carbocycles. The van der Waals surface area contributed by atoms with Crippen LogP contribution >= 0.6 is 0 Å². The van der Waals surface area contributed by atoms with Crippen molar-refractivity contribution in [3.8, 4) is 0 Å². The number of likely N-dealkylation sites (N-methyl/N-ethyl adjacent to an activating group) is 1. The third-order valence-electron chi connectivity index (χ3n) is 2.70. The Kier molecular flexibility index (Phi) is 4.85. The van der Waals surface area contributed by atoms with Crippen LogP contribution in [0.5, 0.6) is 0 Å². The average Bonchev–Trinajstić information content (AvgIpc) is 2.37. The highest BCUT2D eigenvalue weighted by Gasteiger charge is 2.30. The molecule has 0 atom stereocenters. The lowest BCUT2D eigenvalue weighted by atomic mass is 10.0. The molecule has 1 rings (SSSR count). The highest BCUT2D eigenvalue weighted by molar-refractivity contribution is 5.95. The minimum atomic E-state index is -1.06. The standard InChI is InChI=1S/C13H18N4O4/c1-13(2,11(18)16(3)4)15-12(19)14-9-5-7-10(8-6-9)17(20)21/h5-8H,1-4H3,(H2,14,15,19). The maximum atomic E-state index is 11.9. The highest BCUT2D eigenvalue weighted by Crippen LogP contribution is 2.15. The molecule has 0 radical (unpaired) electrons. The molecule has 0 fully saturated rings. The third kappa shape index (κ3) is 4.44. The summed E-state index contributed by atoms with van der Waals surface area (Å²) in [7, 11) is 3.19. The summed E-state index contributed by atoms with van der Waals surface area (Å²) in [6.45, 7) is 3.18. The van der Waals surface area contributed by atoms with Crippen molar-refractivity contribution in [2.75, 3.05) is 19.4 Å². The van der Waals surface area contributed by atoms with Gasteiger partial charge >= 0.3 is 6.03 Å². The number of hydrogen-bond acceptors (Lipinski definition) is 4. The fourth-order valence-electron chi connectivity index (χ4n) is 1.73. The second-order valence-corrected chi connectivity index (χ2v) is 5.21.